The summed E-state index contributed by atoms with van der Waals surface area (Å²) in [5.74, 6) is -1.34. The molecule has 0 spiro atoms. The second-order valence-corrected chi connectivity index (χ2v) is 3.12. The van der Waals surface area contributed by atoms with E-state index in [-0.39, 0.29) is 10.8 Å². The van der Waals surface area contributed by atoms with E-state index in [1.165, 1.54) is 0 Å². The van der Waals surface area contributed by atoms with Crippen LogP contribution >= 0.6 is 12.2 Å². The second kappa shape index (κ2) is 4.01. The summed E-state index contributed by atoms with van der Waals surface area (Å²) >= 11 is 4.44. The summed E-state index contributed by atoms with van der Waals surface area (Å²) in [4.78, 5) is 0. The second-order valence-electron chi connectivity index (χ2n) is 2.68. The Hall–Kier alpha value is -1.37. The van der Waals surface area contributed by atoms with E-state index < -0.39 is 17.6 Å². The zero-order valence-electron chi connectivity index (χ0n) is 7.23. The molecule has 0 saturated carbocycles. The summed E-state index contributed by atoms with van der Waals surface area (Å²) in [6.07, 6.45) is -4.74. The number of rotatable bonds is 1. The summed E-state index contributed by atoms with van der Waals surface area (Å²) in [7, 11) is 0. The number of anilines is 1. The lowest BCUT2D eigenvalue weighted by molar-refractivity contribution is -0.139. The van der Waals surface area contributed by atoms with Crippen molar-refractivity contribution in [2.45, 2.75) is 6.18 Å². The number of nitrogens with two attached hydrogens (primary N) is 1. The van der Waals surface area contributed by atoms with Crippen LogP contribution in [0.1, 0.15) is 5.56 Å². The van der Waals surface area contributed by atoms with E-state index in [1.807, 2.05) is 0 Å². The highest BCUT2D eigenvalue weighted by Crippen LogP contribution is 2.32. The van der Waals surface area contributed by atoms with Crippen LogP contribution in [0.4, 0.5) is 23.2 Å². The molecule has 0 radical (unpaired) electrons. The molecule has 0 aromatic heterocycles. The Morgan fingerprint density at radius 1 is 1.33 bits per heavy atom. The Balaban J connectivity index is 3.11. The first-order valence-corrected chi connectivity index (χ1v) is 4.15. The number of hydrogen-bond acceptors (Lipinski definition) is 1. The zero-order chi connectivity index (χ0) is 11.6. The van der Waals surface area contributed by atoms with Crippen LogP contribution in [0.5, 0.6) is 0 Å². The van der Waals surface area contributed by atoms with Gasteiger partial charge in [0, 0.05) is 5.69 Å². The lowest BCUT2D eigenvalue weighted by Gasteiger charge is -2.10. The summed E-state index contributed by atoms with van der Waals surface area (Å²) in [6.45, 7) is 0. The Bertz CT molecular complexity index is 389. The number of halogens is 4. The van der Waals surface area contributed by atoms with Crippen LogP contribution in [0.3, 0.4) is 0 Å². The largest absolute Gasteiger partial charge is 0.419 e. The molecule has 3 N–H and O–H groups in total. The van der Waals surface area contributed by atoms with Crippen molar-refractivity contribution in [3.05, 3.63) is 29.6 Å². The van der Waals surface area contributed by atoms with Gasteiger partial charge >= 0.3 is 6.18 Å². The fraction of sp³-hybridized carbons (Fsp3) is 0.125. The van der Waals surface area contributed by atoms with Gasteiger partial charge in [0.1, 0.15) is 5.82 Å². The van der Waals surface area contributed by atoms with Crippen LogP contribution in [-0.4, -0.2) is 5.11 Å². The van der Waals surface area contributed by atoms with Crippen molar-refractivity contribution in [3.63, 3.8) is 0 Å². The van der Waals surface area contributed by atoms with E-state index in [0.29, 0.717) is 12.1 Å². The average molecular weight is 238 g/mol. The fourth-order valence-electron chi connectivity index (χ4n) is 0.963. The third-order valence-corrected chi connectivity index (χ3v) is 1.64. The monoisotopic (exact) mass is 238 g/mol. The SMILES string of the molecule is NC(=S)Nc1ccc(F)c(C(F)(F)F)c1. The molecule has 0 heterocycles. The topological polar surface area (TPSA) is 38.0 Å². The number of benzene rings is 1. The van der Waals surface area contributed by atoms with Gasteiger partial charge in [0.05, 0.1) is 5.56 Å². The van der Waals surface area contributed by atoms with Crippen molar-refractivity contribution >= 4 is 23.0 Å². The molecule has 0 bridgehead atoms. The molecule has 82 valence electrons. The Morgan fingerprint density at radius 3 is 2.40 bits per heavy atom. The Kier molecular flexibility index (Phi) is 3.13. The van der Waals surface area contributed by atoms with Gasteiger partial charge < -0.3 is 11.1 Å². The van der Waals surface area contributed by atoms with Crippen molar-refractivity contribution in [3.8, 4) is 0 Å². The maximum Gasteiger partial charge on any atom is 0.419 e. The van der Waals surface area contributed by atoms with Gasteiger partial charge in [-0.3, -0.25) is 0 Å². The average Bonchev–Trinajstić information content (AvgIpc) is 2.05. The van der Waals surface area contributed by atoms with Crippen LogP contribution in [0.25, 0.3) is 0 Å². The standard InChI is InChI=1S/C8H6F4N2S/c9-6-2-1-4(14-7(13)15)3-5(6)8(10,11)12/h1-3H,(H3,13,14,15). The van der Waals surface area contributed by atoms with Crippen LogP contribution in [-0.2, 0) is 6.18 Å². The van der Waals surface area contributed by atoms with Crippen molar-refractivity contribution in [2.24, 2.45) is 5.73 Å². The van der Waals surface area contributed by atoms with E-state index in [0.717, 1.165) is 6.07 Å². The molecule has 1 rings (SSSR count). The number of hydrogen-bond donors (Lipinski definition) is 2. The first-order valence-electron chi connectivity index (χ1n) is 3.74. The van der Waals surface area contributed by atoms with Crippen molar-refractivity contribution in [1.82, 2.24) is 0 Å². The van der Waals surface area contributed by atoms with E-state index in [9.17, 15) is 17.6 Å². The maximum absolute atomic E-state index is 12.8. The van der Waals surface area contributed by atoms with Crippen LogP contribution in [0, 0.1) is 5.82 Å². The number of nitrogens with one attached hydrogen (secondary N) is 1. The smallest absolute Gasteiger partial charge is 0.376 e. The van der Waals surface area contributed by atoms with Crippen molar-refractivity contribution < 1.29 is 17.6 Å². The quantitative estimate of drug-likeness (QED) is 0.583. The predicted octanol–water partition coefficient (Wildman–Crippen LogP) is 2.50. The molecule has 0 amide bonds. The minimum Gasteiger partial charge on any atom is -0.376 e. The third kappa shape index (κ3) is 3.05. The zero-order valence-corrected chi connectivity index (χ0v) is 8.05. The van der Waals surface area contributed by atoms with Crippen molar-refractivity contribution in [2.75, 3.05) is 5.32 Å². The lowest BCUT2D eigenvalue weighted by Crippen LogP contribution is -2.19. The summed E-state index contributed by atoms with van der Waals surface area (Å²) < 4.78 is 49.5. The molecule has 1 aromatic carbocycles. The summed E-state index contributed by atoms with van der Waals surface area (Å²) in [5, 5.41) is 2.10. The molecule has 0 fully saturated rings. The molecular formula is C8H6F4N2S. The minimum absolute atomic E-state index is 0.00350. The highest BCUT2D eigenvalue weighted by molar-refractivity contribution is 7.80. The summed E-state index contributed by atoms with van der Waals surface area (Å²) in [6, 6.07) is 2.42. The molecule has 0 aliphatic heterocycles. The fourth-order valence-corrected chi connectivity index (χ4v) is 1.08. The Labute approximate surface area is 88.1 Å². The van der Waals surface area contributed by atoms with Crippen LogP contribution in [0.2, 0.25) is 0 Å². The maximum atomic E-state index is 12.8. The molecule has 1 aromatic rings. The Morgan fingerprint density at radius 2 is 1.93 bits per heavy atom. The number of thiocarbonyl (C=S) groups is 1. The first kappa shape index (κ1) is 11.7. The van der Waals surface area contributed by atoms with Gasteiger partial charge in [-0.05, 0) is 30.4 Å². The molecule has 0 aliphatic rings. The molecule has 0 saturated heterocycles. The van der Waals surface area contributed by atoms with E-state index in [4.69, 9.17) is 5.73 Å². The summed E-state index contributed by atoms with van der Waals surface area (Å²) in [5.41, 5.74) is 3.71. The molecule has 7 heteroatoms. The van der Waals surface area contributed by atoms with Gasteiger partial charge in [-0.25, -0.2) is 4.39 Å². The van der Waals surface area contributed by atoms with Crippen LogP contribution < -0.4 is 11.1 Å². The minimum atomic E-state index is -4.74. The molecule has 0 atom stereocenters. The first-order chi connectivity index (χ1) is 6.80. The van der Waals surface area contributed by atoms with Gasteiger partial charge in [0.15, 0.2) is 5.11 Å². The third-order valence-electron chi connectivity index (χ3n) is 1.54. The molecule has 0 unspecified atom stereocenters. The van der Waals surface area contributed by atoms with E-state index in [2.05, 4.69) is 17.5 Å². The molecular weight excluding hydrogens is 232 g/mol. The number of alkyl halides is 3. The molecule has 0 aliphatic carbocycles. The van der Waals surface area contributed by atoms with E-state index in [1.54, 1.807) is 0 Å². The van der Waals surface area contributed by atoms with E-state index >= 15 is 0 Å². The van der Waals surface area contributed by atoms with Crippen molar-refractivity contribution in [1.29, 1.82) is 0 Å². The van der Waals surface area contributed by atoms with Gasteiger partial charge in [-0.2, -0.15) is 13.2 Å². The lowest BCUT2D eigenvalue weighted by atomic mass is 10.2. The van der Waals surface area contributed by atoms with Crippen LogP contribution in [0.15, 0.2) is 18.2 Å². The highest BCUT2D eigenvalue weighted by Gasteiger charge is 2.34. The molecule has 2 nitrogen and oxygen atoms in total. The normalized spacial score (nSPS) is 11.2. The van der Waals surface area contributed by atoms with Gasteiger partial charge in [-0.15, -0.1) is 0 Å². The highest BCUT2D eigenvalue weighted by atomic mass is 32.1. The predicted molar refractivity (Wildman–Crippen MR) is 51.8 cm³/mol. The van der Waals surface area contributed by atoms with Gasteiger partial charge in [0.25, 0.3) is 0 Å². The van der Waals surface area contributed by atoms with Gasteiger partial charge in [0.2, 0.25) is 0 Å². The molecule has 15 heavy (non-hydrogen) atoms. The van der Waals surface area contributed by atoms with Gasteiger partial charge in [-0.1, -0.05) is 0 Å².